The Bertz CT molecular complexity index is 492. The molecule has 1 aromatic rings. The van der Waals surface area contributed by atoms with E-state index in [1.165, 1.54) is 6.42 Å². The Kier molecular flexibility index (Phi) is 3.17. The zero-order chi connectivity index (χ0) is 13.3. The molecule has 2 aliphatic rings. The third-order valence-electron chi connectivity index (χ3n) is 4.00. The van der Waals surface area contributed by atoms with Crippen LogP contribution in [0.25, 0.3) is 0 Å². The Labute approximate surface area is 111 Å². The average Bonchev–Trinajstić information content (AvgIpc) is 2.70. The van der Waals surface area contributed by atoms with Gasteiger partial charge in [0.25, 0.3) is 0 Å². The monoisotopic (exact) mass is 264 g/mol. The minimum atomic E-state index is -0.536. The van der Waals surface area contributed by atoms with Gasteiger partial charge in [-0.3, -0.25) is 0 Å². The van der Waals surface area contributed by atoms with Crippen LogP contribution in [0.4, 0.5) is 4.39 Å². The van der Waals surface area contributed by atoms with E-state index < -0.39 is 12.3 Å². The number of fused-ring (bicyclic) bond motifs is 2. The highest BCUT2D eigenvalue weighted by Crippen LogP contribution is 2.47. The summed E-state index contributed by atoms with van der Waals surface area (Å²) in [6, 6.07) is 5.38. The van der Waals surface area contributed by atoms with Crippen molar-refractivity contribution in [2.24, 2.45) is 0 Å². The lowest BCUT2D eigenvalue weighted by Gasteiger charge is -2.32. The fourth-order valence-electron chi connectivity index (χ4n) is 3.12. The smallest absolute Gasteiger partial charge is 0.339 e. The fraction of sp³-hybridized carbons (Fsp3) is 0.533. The normalized spacial score (nSPS) is 20.2. The van der Waals surface area contributed by atoms with Crippen LogP contribution in [0.3, 0.4) is 0 Å². The second-order valence-corrected chi connectivity index (χ2v) is 5.19. The number of ether oxygens (including phenoxy) is 2. The molecule has 0 radical (unpaired) electrons. The molecule has 1 aliphatic heterocycles. The molecule has 0 saturated heterocycles. The highest BCUT2D eigenvalue weighted by Gasteiger charge is 2.45. The lowest BCUT2D eigenvalue weighted by Crippen LogP contribution is -2.28. The molecule has 3 nitrogen and oxygen atoms in total. The molecule has 19 heavy (non-hydrogen) atoms. The summed E-state index contributed by atoms with van der Waals surface area (Å²) in [7, 11) is 0. The quantitative estimate of drug-likeness (QED) is 0.785. The molecular formula is C15H17FO3. The molecular weight excluding hydrogens is 247 g/mol. The van der Waals surface area contributed by atoms with Gasteiger partial charge in [0, 0.05) is 5.56 Å². The van der Waals surface area contributed by atoms with Gasteiger partial charge in [0.1, 0.15) is 24.6 Å². The summed E-state index contributed by atoms with van der Waals surface area (Å²) >= 11 is 0. The summed E-state index contributed by atoms with van der Waals surface area (Å²) in [5.74, 6) is 0.254. The minimum Gasteiger partial charge on any atom is -0.491 e. The number of alkyl halides is 1. The van der Waals surface area contributed by atoms with Gasteiger partial charge >= 0.3 is 5.97 Å². The summed E-state index contributed by atoms with van der Waals surface area (Å²) in [6.45, 7) is -0.523. The SMILES string of the molecule is O=C1OC2(CCCCC2)c2ccc(OCCF)cc21. The van der Waals surface area contributed by atoms with Gasteiger partial charge in [0.2, 0.25) is 0 Å². The number of hydrogen-bond donors (Lipinski definition) is 0. The van der Waals surface area contributed by atoms with Crippen LogP contribution >= 0.6 is 0 Å². The van der Waals surface area contributed by atoms with Crippen LogP contribution in [0.5, 0.6) is 5.75 Å². The first-order chi connectivity index (χ1) is 9.25. The molecule has 1 fully saturated rings. The first-order valence-electron chi connectivity index (χ1n) is 6.82. The van der Waals surface area contributed by atoms with Crippen LogP contribution in [0.2, 0.25) is 0 Å². The highest BCUT2D eigenvalue weighted by atomic mass is 19.1. The highest BCUT2D eigenvalue weighted by molar-refractivity contribution is 5.95. The van der Waals surface area contributed by atoms with Crippen LogP contribution in [0.1, 0.15) is 48.0 Å². The minimum absolute atomic E-state index is 0.0129. The molecule has 4 heteroatoms. The first-order valence-corrected chi connectivity index (χ1v) is 6.82. The van der Waals surface area contributed by atoms with Crippen molar-refractivity contribution in [3.8, 4) is 5.75 Å². The molecule has 0 unspecified atom stereocenters. The summed E-state index contributed by atoms with van der Waals surface area (Å²) < 4.78 is 23.0. The maximum Gasteiger partial charge on any atom is 0.339 e. The molecule has 1 saturated carbocycles. The summed E-state index contributed by atoms with van der Waals surface area (Å²) in [4.78, 5) is 12.0. The summed E-state index contributed by atoms with van der Waals surface area (Å²) in [5, 5.41) is 0. The van der Waals surface area contributed by atoms with Gasteiger partial charge < -0.3 is 9.47 Å². The van der Waals surface area contributed by atoms with Crippen molar-refractivity contribution >= 4 is 5.97 Å². The van der Waals surface area contributed by atoms with E-state index in [2.05, 4.69) is 0 Å². The molecule has 0 N–H and O–H groups in total. The summed E-state index contributed by atoms with van der Waals surface area (Å²) in [6.07, 6.45) is 5.18. The molecule has 1 aromatic carbocycles. The maximum absolute atomic E-state index is 12.1. The third-order valence-corrected chi connectivity index (χ3v) is 4.00. The number of halogens is 1. The molecule has 102 valence electrons. The third kappa shape index (κ3) is 2.09. The predicted molar refractivity (Wildman–Crippen MR) is 68.1 cm³/mol. The predicted octanol–water partition coefficient (Wildman–Crippen LogP) is 3.36. The molecule has 0 aromatic heterocycles. The number of rotatable bonds is 3. The zero-order valence-corrected chi connectivity index (χ0v) is 10.8. The van der Waals surface area contributed by atoms with E-state index in [1.807, 2.05) is 6.07 Å². The van der Waals surface area contributed by atoms with Gasteiger partial charge in [0.15, 0.2) is 0 Å². The van der Waals surface area contributed by atoms with Gasteiger partial charge in [-0.25, -0.2) is 9.18 Å². The van der Waals surface area contributed by atoms with Crippen LogP contribution in [-0.2, 0) is 10.3 Å². The second kappa shape index (κ2) is 4.83. The number of carbonyl (C=O) groups is 1. The molecule has 1 aliphatic carbocycles. The molecule has 0 atom stereocenters. The van der Waals surface area contributed by atoms with Crippen LogP contribution in [0.15, 0.2) is 18.2 Å². The second-order valence-electron chi connectivity index (χ2n) is 5.19. The van der Waals surface area contributed by atoms with E-state index in [-0.39, 0.29) is 12.6 Å². The van der Waals surface area contributed by atoms with E-state index in [9.17, 15) is 9.18 Å². The van der Waals surface area contributed by atoms with E-state index in [4.69, 9.17) is 9.47 Å². The van der Waals surface area contributed by atoms with Crippen molar-refractivity contribution in [1.29, 1.82) is 0 Å². The molecule has 3 rings (SSSR count). The Morgan fingerprint density at radius 2 is 2.05 bits per heavy atom. The number of hydrogen-bond acceptors (Lipinski definition) is 3. The standard InChI is InChI=1S/C15H17FO3/c16-8-9-18-11-4-5-13-12(10-11)14(17)19-15(13)6-2-1-3-7-15/h4-5,10H,1-3,6-9H2. The molecule has 1 heterocycles. The van der Waals surface area contributed by atoms with Crippen molar-refractivity contribution in [3.05, 3.63) is 29.3 Å². The van der Waals surface area contributed by atoms with E-state index in [0.29, 0.717) is 11.3 Å². The van der Waals surface area contributed by atoms with Gasteiger partial charge in [0.05, 0.1) is 5.56 Å². The molecule has 1 spiro atoms. The van der Waals surface area contributed by atoms with Gasteiger partial charge in [-0.15, -0.1) is 0 Å². The summed E-state index contributed by atoms with van der Waals surface area (Å²) in [5.41, 5.74) is 1.14. The van der Waals surface area contributed by atoms with Gasteiger partial charge in [-0.2, -0.15) is 0 Å². The number of esters is 1. The van der Waals surface area contributed by atoms with Crippen LogP contribution in [-0.4, -0.2) is 19.3 Å². The van der Waals surface area contributed by atoms with Crippen molar-refractivity contribution < 1.29 is 18.7 Å². The first kappa shape index (κ1) is 12.5. The average molecular weight is 264 g/mol. The number of benzene rings is 1. The number of carbonyl (C=O) groups excluding carboxylic acids is 1. The molecule has 0 amide bonds. The lowest BCUT2D eigenvalue weighted by molar-refractivity contribution is -0.0280. The van der Waals surface area contributed by atoms with Gasteiger partial charge in [-0.1, -0.05) is 12.5 Å². The Balaban J connectivity index is 1.92. The topological polar surface area (TPSA) is 35.5 Å². The van der Waals surface area contributed by atoms with Gasteiger partial charge in [-0.05, 0) is 37.8 Å². The van der Waals surface area contributed by atoms with Crippen molar-refractivity contribution in [2.75, 3.05) is 13.3 Å². The van der Waals surface area contributed by atoms with Crippen LogP contribution in [0, 0.1) is 0 Å². The van der Waals surface area contributed by atoms with Crippen LogP contribution < -0.4 is 4.74 Å². The maximum atomic E-state index is 12.1. The lowest BCUT2D eigenvalue weighted by atomic mass is 9.79. The Morgan fingerprint density at radius 3 is 2.79 bits per heavy atom. The van der Waals surface area contributed by atoms with Crippen molar-refractivity contribution in [1.82, 2.24) is 0 Å². The molecule has 0 bridgehead atoms. The van der Waals surface area contributed by atoms with E-state index >= 15 is 0 Å². The Morgan fingerprint density at radius 1 is 1.26 bits per heavy atom. The van der Waals surface area contributed by atoms with Crippen molar-refractivity contribution in [3.63, 3.8) is 0 Å². The zero-order valence-electron chi connectivity index (χ0n) is 10.8. The fourth-order valence-corrected chi connectivity index (χ4v) is 3.12. The van der Waals surface area contributed by atoms with E-state index in [0.717, 1.165) is 31.2 Å². The largest absolute Gasteiger partial charge is 0.491 e. The van der Waals surface area contributed by atoms with E-state index in [1.54, 1.807) is 12.1 Å². The Hall–Kier alpha value is -1.58. The van der Waals surface area contributed by atoms with Crippen molar-refractivity contribution in [2.45, 2.75) is 37.7 Å².